The maximum Gasteiger partial charge on any atom is 0.329 e. The third-order valence-electron chi connectivity index (χ3n) is 5.28. The van der Waals surface area contributed by atoms with Crippen molar-refractivity contribution in [1.29, 1.82) is 0 Å². The summed E-state index contributed by atoms with van der Waals surface area (Å²) >= 11 is 3.33. The summed E-state index contributed by atoms with van der Waals surface area (Å²) in [7, 11) is 1.47. The second-order valence-corrected chi connectivity index (χ2v) is 8.76. The van der Waals surface area contributed by atoms with Crippen LogP contribution in [0.1, 0.15) is 11.1 Å². The molecule has 2 aromatic carbocycles. The zero-order chi connectivity index (χ0) is 25.1. The van der Waals surface area contributed by atoms with Crippen LogP contribution in [0.4, 0.5) is 5.95 Å². The van der Waals surface area contributed by atoms with E-state index in [2.05, 4.69) is 36.4 Å². The minimum absolute atomic E-state index is 0.0230. The summed E-state index contributed by atoms with van der Waals surface area (Å²) < 4.78 is 9.10. The summed E-state index contributed by atoms with van der Waals surface area (Å²) in [4.78, 5) is 31.3. The van der Waals surface area contributed by atoms with Crippen LogP contribution in [0.3, 0.4) is 0 Å². The highest BCUT2D eigenvalue weighted by Gasteiger charge is 2.20. The maximum absolute atomic E-state index is 12.6. The number of nitrogens with zero attached hydrogens (tertiary/aromatic N) is 4. The lowest BCUT2D eigenvalue weighted by molar-refractivity contribution is 0.0935. The second-order valence-electron chi connectivity index (χ2n) is 7.84. The van der Waals surface area contributed by atoms with Crippen LogP contribution < -0.4 is 21.4 Å². The molecule has 0 saturated heterocycles. The molecule has 2 heterocycles. The minimum Gasteiger partial charge on any atom is -0.507 e. The number of nitrogens with one attached hydrogen (secondary N) is 2. The molecule has 0 spiro atoms. The molecule has 4 rings (SSSR count). The summed E-state index contributed by atoms with van der Waals surface area (Å²) in [5, 5.41) is 24.8. The molecule has 0 amide bonds. The number of phenolic OH excluding ortho intramolecular Hbond substituents is 1. The van der Waals surface area contributed by atoms with Crippen LogP contribution in [0.5, 0.6) is 11.5 Å². The van der Waals surface area contributed by atoms with Gasteiger partial charge in [0, 0.05) is 17.1 Å². The van der Waals surface area contributed by atoms with Crippen molar-refractivity contribution < 1.29 is 14.9 Å². The van der Waals surface area contributed by atoms with Gasteiger partial charge >= 0.3 is 5.69 Å². The second kappa shape index (κ2) is 10.2. The standard InChI is InChI=1S/C23H23BrN6O5/c1-13-5-3-4-6-18(13)35-12-16(31)11-30-19-20(29(2)23(34)27-21(19)33)26-22(30)28-25-10-14-9-15(24)7-8-17(14)32/h3-10,16,31-32H,11-12H2,1-2H3,(H,26,28)(H,27,33,34)/b25-10+/t16-/m0/s1. The fourth-order valence-corrected chi connectivity index (χ4v) is 3.83. The fraction of sp³-hybridized carbons (Fsp3) is 0.217. The number of rotatable bonds is 8. The van der Waals surface area contributed by atoms with Crippen molar-refractivity contribution in [3.8, 4) is 11.5 Å². The number of benzene rings is 2. The monoisotopic (exact) mass is 542 g/mol. The first-order valence-corrected chi connectivity index (χ1v) is 11.4. The van der Waals surface area contributed by atoms with Crippen molar-refractivity contribution in [1.82, 2.24) is 19.1 Å². The quantitative estimate of drug-likeness (QED) is 0.197. The first kappa shape index (κ1) is 24.2. The average molecular weight is 543 g/mol. The van der Waals surface area contributed by atoms with Crippen molar-refractivity contribution in [3.05, 3.63) is 78.9 Å². The van der Waals surface area contributed by atoms with Crippen molar-refractivity contribution in [2.45, 2.75) is 19.6 Å². The number of hydrogen-bond donors (Lipinski definition) is 4. The summed E-state index contributed by atoms with van der Waals surface area (Å²) in [5.74, 6) is 0.779. The maximum atomic E-state index is 12.6. The SMILES string of the molecule is Cc1ccccc1OC[C@@H](O)Cn1c(N/N=C/c2cc(Br)ccc2O)nc2c1c(=O)[nH]c(=O)n2C. The molecule has 4 N–H and O–H groups in total. The number of para-hydroxylation sites is 1. The van der Waals surface area contributed by atoms with Gasteiger partial charge < -0.3 is 19.5 Å². The van der Waals surface area contributed by atoms with E-state index in [4.69, 9.17) is 4.74 Å². The number of imidazole rings is 1. The lowest BCUT2D eigenvalue weighted by Crippen LogP contribution is -2.30. The molecular weight excluding hydrogens is 520 g/mol. The molecule has 0 aliphatic carbocycles. The van der Waals surface area contributed by atoms with Gasteiger partial charge in [0.1, 0.15) is 24.2 Å². The van der Waals surface area contributed by atoms with E-state index in [0.717, 1.165) is 10.0 Å². The highest BCUT2D eigenvalue weighted by molar-refractivity contribution is 9.10. The highest BCUT2D eigenvalue weighted by atomic mass is 79.9. The van der Waals surface area contributed by atoms with Crippen LogP contribution in [-0.2, 0) is 13.6 Å². The number of fused-ring (bicyclic) bond motifs is 1. The zero-order valence-electron chi connectivity index (χ0n) is 18.9. The number of anilines is 1. The summed E-state index contributed by atoms with van der Waals surface area (Å²) in [5.41, 5.74) is 3.03. The lowest BCUT2D eigenvalue weighted by Gasteiger charge is -2.16. The molecule has 12 heteroatoms. The molecule has 0 bridgehead atoms. The van der Waals surface area contributed by atoms with Gasteiger partial charge in [-0.25, -0.2) is 10.2 Å². The Kier molecular flexibility index (Phi) is 7.03. The predicted octanol–water partition coefficient (Wildman–Crippen LogP) is 2.09. The van der Waals surface area contributed by atoms with Crippen molar-refractivity contribution in [2.75, 3.05) is 12.0 Å². The van der Waals surface area contributed by atoms with Crippen molar-refractivity contribution in [2.24, 2.45) is 12.1 Å². The number of H-pyrrole nitrogens is 1. The third-order valence-corrected chi connectivity index (χ3v) is 5.78. The number of aryl methyl sites for hydroxylation is 2. The topological polar surface area (TPSA) is 147 Å². The number of aromatic amines is 1. The number of aromatic nitrogens is 4. The molecule has 182 valence electrons. The average Bonchev–Trinajstić information content (AvgIpc) is 3.18. The Morgan fingerprint density at radius 1 is 1.29 bits per heavy atom. The number of aliphatic hydroxyl groups excluding tert-OH is 1. The Balaban J connectivity index is 1.64. The third kappa shape index (κ3) is 5.28. The molecule has 11 nitrogen and oxygen atoms in total. The minimum atomic E-state index is -1.01. The number of hydrogen-bond acceptors (Lipinski definition) is 8. The zero-order valence-corrected chi connectivity index (χ0v) is 20.5. The molecule has 0 radical (unpaired) electrons. The Morgan fingerprint density at radius 2 is 2.06 bits per heavy atom. The normalized spacial score (nSPS) is 12.3. The van der Waals surface area contributed by atoms with E-state index in [9.17, 15) is 19.8 Å². The van der Waals surface area contributed by atoms with Gasteiger partial charge in [-0.2, -0.15) is 10.1 Å². The smallest absolute Gasteiger partial charge is 0.329 e. The Labute approximate surface area is 207 Å². The van der Waals surface area contributed by atoms with Crippen LogP contribution in [0, 0.1) is 6.92 Å². The van der Waals surface area contributed by atoms with Crippen LogP contribution in [0.15, 0.2) is 61.6 Å². The van der Waals surface area contributed by atoms with Crippen LogP contribution in [-0.4, -0.2) is 48.2 Å². The van der Waals surface area contributed by atoms with E-state index in [1.54, 1.807) is 18.2 Å². The van der Waals surface area contributed by atoms with Gasteiger partial charge in [0.25, 0.3) is 5.56 Å². The number of aliphatic hydroxyl groups is 1. The van der Waals surface area contributed by atoms with E-state index in [1.165, 1.54) is 28.5 Å². The summed E-state index contributed by atoms with van der Waals surface area (Å²) in [6.45, 7) is 1.79. The molecule has 4 aromatic rings. The van der Waals surface area contributed by atoms with Crippen LogP contribution in [0.2, 0.25) is 0 Å². The van der Waals surface area contributed by atoms with Crippen LogP contribution in [0.25, 0.3) is 11.2 Å². The van der Waals surface area contributed by atoms with Gasteiger partial charge in [-0.3, -0.25) is 14.3 Å². The number of halogens is 1. The molecule has 1 atom stereocenters. The van der Waals surface area contributed by atoms with E-state index in [0.29, 0.717) is 11.3 Å². The Bertz CT molecular complexity index is 1520. The molecule has 2 aromatic heterocycles. The van der Waals surface area contributed by atoms with Gasteiger partial charge in [0.15, 0.2) is 11.2 Å². The molecule has 35 heavy (non-hydrogen) atoms. The van der Waals surface area contributed by atoms with Gasteiger partial charge in [-0.05, 0) is 36.8 Å². The molecule has 0 fully saturated rings. The molecule has 0 saturated carbocycles. The first-order valence-electron chi connectivity index (χ1n) is 10.6. The van der Waals surface area contributed by atoms with E-state index in [-0.39, 0.29) is 36.0 Å². The number of ether oxygens (including phenoxy) is 1. The summed E-state index contributed by atoms with van der Waals surface area (Å²) in [6.07, 6.45) is 0.368. The van der Waals surface area contributed by atoms with E-state index < -0.39 is 17.4 Å². The number of aromatic hydroxyl groups is 1. The van der Waals surface area contributed by atoms with Crippen molar-refractivity contribution in [3.63, 3.8) is 0 Å². The van der Waals surface area contributed by atoms with Gasteiger partial charge in [-0.15, -0.1) is 0 Å². The van der Waals surface area contributed by atoms with Gasteiger partial charge in [0.2, 0.25) is 5.95 Å². The molecule has 0 aliphatic heterocycles. The fourth-order valence-electron chi connectivity index (χ4n) is 3.45. The van der Waals surface area contributed by atoms with Crippen molar-refractivity contribution >= 4 is 39.3 Å². The predicted molar refractivity (Wildman–Crippen MR) is 135 cm³/mol. The Hall–Kier alpha value is -3.90. The largest absolute Gasteiger partial charge is 0.507 e. The first-order chi connectivity index (χ1) is 16.7. The number of phenols is 1. The van der Waals surface area contributed by atoms with Crippen LogP contribution >= 0.6 is 15.9 Å². The molecule has 0 aliphatic rings. The van der Waals surface area contributed by atoms with Gasteiger partial charge in [-0.1, -0.05) is 34.1 Å². The highest BCUT2D eigenvalue weighted by Crippen LogP contribution is 2.21. The number of hydrazone groups is 1. The van der Waals surface area contributed by atoms with Gasteiger partial charge in [0.05, 0.1) is 12.8 Å². The van der Waals surface area contributed by atoms with E-state index >= 15 is 0 Å². The lowest BCUT2D eigenvalue weighted by atomic mass is 10.2. The summed E-state index contributed by atoms with van der Waals surface area (Å²) in [6, 6.07) is 12.3. The van der Waals surface area contributed by atoms with E-state index in [1.807, 2.05) is 25.1 Å². The molecular formula is C23H23BrN6O5. The molecule has 0 unspecified atom stereocenters. The Morgan fingerprint density at radius 3 is 2.83 bits per heavy atom.